The number of hydrogen-bond donors (Lipinski definition) is 0. The Morgan fingerprint density at radius 2 is 2.11 bits per heavy atom. The van der Waals surface area contributed by atoms with Gasteiger partial charge in [0.05, 0.1) is 12.4 Å². The summed E-state index contributed by atoms with van der Waals surface area (Å²) in [5.41, 5.74) is 0.645. The van der Waals surface area contributed by atoms with Gasteiger partial charge in [-0.25, -0.2) is 14.2 Å². The van der Waals surface area contributed by atoms with Crippen molar-refractivity contribution in [3.05, 3.63) is 66.7 Å². The van der Waals surface area contributed by atoms with E-state index in [2.05, 4.69) is 9.97 Å². The van der Waals surface area contributed by atoms with E-state index in [9.17, 15) is 9.18 Å². The van der Waals surface area contributed by atoms with E-state index >= 15 is 0 Å². The number of hydrogen-bond acceptors (Lipinski definition) is 5. The van der Waals surface area contributed by atoms with E-state index in [1.807, 2.05) is 6.92 Å². The van der Waals surface area contributed by atoms with Crippen LogP contribution >= 0.6 is 0 Å². The van der Waals surface area contributed by atoms with E-state index in [0.717, 1.165) is 6.42 Å². The second-order valence-electron chi connectivity index (χ2n) is 6.28. The average Bonchev–Trinajstić information content (AvgIpc) is 3.17. The van der Waals surface area contributed by atoms with Crippen LogP contribution in [-0.4, -0.2) is 34.1 Å². The largest absolute Gasteiger partial charge is 0.441 e. The Bertz CT molecular complexity index is 899. The zero-order valence-corrected chi connectivity index (χ0v) is 15.7. The molecule has 3 aromatic rings. The van der Waals surface area contributed by atoms with E-state index in [4.69, 9.17) is 9.15 Å². The smallest absolute Gasteiger partial charge is 0.415 e. The summed E-state index contributed by atoms with van der Waals surface area (Å²) in [6.07, 6.45) is 6.37. The third-order valence-electron chi connectivity index (χ3n) is 4.07. The summed E-state index contributed by atoms with van der Waals surface area (Å²) < 4.78 is 24.4. The van der Waals surface area contributed by atoms with Crippen molar-refractivity contribution in [3.63, 3.8) is 0 Å². The van der Waals surface area contributed by atoms with Gasteiger partial charge in [-0.05, 0) is 37.1 Å². The van der Waals surface area contributed by atoms with Gasteiger partial charge in [0.15, 0.2) is 17.4 Å². The van der Waals surface area contributed by atoms with Gasteiger partial charge in [0.1, 0.15) is 5.82 Å². The van der Waals surface area contributed by atoms with Crippen LogP contribution in [0.25, 0.3) is 11.3 Å². The first kappa shape index (κ1) is 19.5. The van der Waals surface area contributed by atoms with Crippen molar-refractivity contribution >= 4 is 6.09 Å². The number of aromatic nitrogens is 2. The number of oxazole rings is 1. The first-order valence-electron chi connectivity index (χ1n) is 9.23. The molecule has 0 saturated carbocycles. The quantitative estimate of drug-likeness (QED) is 0.563. The Kier molecular flexibility index (Phi) is 6.73. The maximum absolute atomic E-state index is 13.3. The third kappa shape index (κ3) is 5.39. The van der Waals surface area contributed by atoms with Crippen LogP contribution in [0.4, 0.5) is 9.18 Å². The molecule has 0 aliphatic carbocycles. The molecular weight excluding hydrogens is 361 g/mol. The number of halogens is 1. The summed E-state index contributed by atoms with van der Waals surface area (Å²) in [6.45, 7) is 3.12. The van der Waals surface area contributed by atoms with Crippen LogP contribution in [0.3, 0.4) is 0 Å². The molecule has 0 fully saturated rings. The molecule has 0 bridgehead atoms. The molecule has 0 aliphatic heterocycles. The van der Waals surface area contributed by atoms with E-state index in [1.165, 1.54) is 18.3 Å². The lowest BCUT2D eigenvalue weighted by Crippen LogP contribution is -2.35. The number of carbonyl (C=O) groups excluding carboxylic acids is 1. The summed E-state index contributed by atoms with van der Waals surface area (Å²) in [6, 6.07) is 9.59. The van der Waals surface area contributed by atoms with Crippen molar-refractivity contribution < 1.29 is 18.3 Å². The van der Waals surface area contributed by atoms with Gasteiger partial charge in [0.2, 0.25) is 0 Å². The zero-order chi connectivity index (χ0) is 19.8. The predicted octanol–water partition coefficient (Wildman–Crippen LogP) is 4.72. The van der Waals surface area contributed by atoms with Gasteiger partial charge in [-0.3, -0.25) is 4.98 Å². The maximum atomic E-state index is 13.3. The molecule has 7 heteroatoms. The molecule has 0 aliphatic rings. The number of carbonyl (C=O) groups is 1. The minimum absolute atomic E-state index is 0.321. The molecule has 0 unspecified atom stereocenters. The topological polar surface area (TPSA) is 68.5 Å². The van der Waals surface area contributed by atoms with Crippen molar-refractivity contribution in [2.24, 2.45) is 0 Å². The van der Waals surface area contributed by atoms with E-state index < -0.39 is 6.09 Å². The minimum Gasteiger partial charge on any atom is -0.441 e. The van der Waals surface area contributed by atoms with Gasteiger partial charge in [-0.15, -0.1) is 0 Å². The monoisotopic (exact) mass is 383 g/mol. The number of aryl methyl sites for hydroxylation is 1. The van der Waals surface area contributed by atoms with Crippen LogP contribution in [0.1, 0.15) is 25.7 Å². The van der Waals surface area contributed by atoms with Crippen molar-refractivity contribution in [2.75, 3.05) is 13.1 Å². The van der Waals surface area contributed by atoms with E-state index in [1.54, 1.807) is 41.6 Å². The lowest BCUT2D eigenvalue weighted by molar-refractivity contribution is 0.151. The highest BCUT2D eigenvalue weighted by molar-refractivity contribution is 5.70. The van der Waals surface area contributed by atoms with Crippen LogP contribution in [0.5, 0.6) is 5.75 Å². The summed E-state index contributed by atoms with van der Waals surface area (Å²) in [7, 11) is 0. The van der Waals surface area contributed by atoms with Crippen LogP contribution in [-0.2, 0) is 6.42 Å². The highest BCUT2D eigenvalue weighted by Gasteiger charge is 2.16. The Hall–Kier alpha value is -3.22. The molecule has 3 rings (SSSR count). The van der Waals surface area contributed by atoms with Crippen LogP contribution in [0.15, 0.2) is 59.4 Å². The highest BCUT2D eigenvalue weighted by atomic mass is 19.1. The van der Waals surface area contributed by atoms with Gasteiger partial charge in [-0.1, -0.05) is 19.1 Å². The number of rotatable bonds is 8. The first-order chi connectivity index (χ1) is 13.7. The van der Waals surface area contributed by atoms with Crippen molar-refractivity contribution in [1.29, 1.82) is 0 Å². The molecular formula is C21H22FN3O3. The summed E-state index contributed by atoms with van der Waals surface area (Å²) >= 11 is 0. The maximum Gasteiger partial charge on any atom is 0.415 e. The molecule has 0 spiro atoms. The Morgan fingerprint density at radius 1 is 1.21 bits per heavy atom. The second kappa shape index (κ2) is 9.64. The van der Waals surface area contributed by atoms with Gasteiger partial charge in [0.25, 0.3) is 0 Å². The average molecular weight is 383 g/mol. The van der Waals surface area contributed by atoms with Crippen molar-refractivity contribution in [1.82, 2.24) is 14.9 Å². The summed E-state index contributed by atoms with van der Waals surface area (Å²) in [5.74, 6) is 1.17. The Balaban J connectivity index is 1.54. The number of pyridine rings is 1. The summed E-state index contributed by atoms with van der Waals surface area (Å²) in [4.78, 5) is 22.2. The van der Waals surface area contributed by atoms with Crippen molar-refractivity contribution in [3.8, 4) is 17.1 Å². The third-order valence-corrected chi connectivity index (χ3v) is 4.07. The van der Waals surface area contributed by atoms with Crippen LogP contribution < -0.4 is 4.74 Å². The first-order valence-corrected chi connectivity index (χ1v) is 9.23. The Labute approximate surface area is 163 Å². The normalized spacial score (nSPS) is 10.6. The number of nitrogens with zero attached hydrogens (tertiary/aromatic N) is 3. The number of benzene rings is 1. The van der Waals surface area contributed by atoms with Gasteiger partial charge in [0, 0.05) is 31.3 Å². The summed E-state index contributed by atoms with van der Waals surface area (Å²) in [5, 5.41) is 0. The molecule has 28 heavy (non-hydrogen) atoms. The molecule has 0 atom stereocenters. The van der Waals surface area contributed by atoms with Gasteiger partial charge < -0.3 is 14.1 Å². The molecule has 6 nitrogen and oxygen atoms in total. The predicted molar refractivity (Wildman–Crippen MR) is 102 cm³/mol. The fourth-order valence-corrected chi connectivity index (χ4v) is 2.76. The lowest BCUT2D eigenvalue weighted by Gasteiger charge is -2.21. The second-order valence-corrected chi connectivity index (χ2v) is 6.28. The molecule has 0 N–H and O–H groups in total. The standard InChI is InChI=1S/C21H22FN3O3/c1-2-11-25(21(26)27-18-8-4-10-23-14-18)12-5-9-20-24-15-19(28-20)16-6-3-7-17(22)13-16/h3-4,6-8,10,13-15H,2,5,9,11-12H2,1H3. The van der Waals surface area contributed by atoms with E-state index in [-0.39, 0.29) is 5.82 Å². The number of amides is 1. The molecule has 2 aromatic heterocycles. The molecule has 0 radical (unpaired) electrons. The Morgan fingerprint density at radius 3 is 2.86 bits per heavy atom. The number of ether oxygens (including phenoxy) is 1. The fourth-order valence-electron chi connectivity index (χ4n) is 2.76. The van der Waals surface area contributed by atoms with Gasteiger partial charge >= 0.3 is 6.09 Å². The minimum atomic E-state index is -0.400. The van der Waals surface area contributed by atoms with Gasteiger partial charge in [-0.2, -0.15) is 0 Å². The van der Waals surface area contributed by atoms with E-state index in [0.29, 0.717) is 48.9 Å². The fraction of sp³-hybridized carbons (Fsp3) is 0.286. The molecule has 1 aromatic carbocycles. The molecule has 0 saturated heterocycles. The zero-order valence-electron chi connectivity index (χ0n) is 15.7. The molecule has 146 valence electrons. The molecule has 1 amide bonds. The molecule has 2 heterocycles. The van der Waals surface area contributed by atoms with Crippen LogP contribution in [0, 0.1) is 5.82 Å². The lowest BCUT2D eigenvalue weighted by atomic mass is 10.2. The van der Waals surface area contributed by atoms with Crippen LogP contribution in [0.2, 0.25) is 0 Å². The van der Waals surface area contributed by atoms with Crippen molar-refractivity contribution in [2.45, 2.75) is 26.2 Å². The SMILES string of the molecule is CCCN(CCCc1ncc(-c2cccc(F)c2)o1)C(=O)Oc1cccnc1. The highest BCUT2D eigenvalue weighted by Crippen LogP contribution is 2.21.